The Morgan fingerprint density at radius 1 is 1.17 bits per heavy atom. The minimum atomic E-state index is -0.0121. The maximum absolute atomic E-state index is 12.7. The number of carbonyl (C=O) groups excluding carboxylic acids is 1. The van der Waals surface area contributed by atoms with Crippen LogP contribution in [0.25, 0.3) is 6.08 Å². The minimum absolute atomic E-state index is 0.0121. The summed E-state index contributed by atoms with van der Waals surface area (Å²) in [7, 11) is 1.57. The quantitative estimate of drug-likeness (QED) is 0.799. The van der Waals surface area contributed by atoms with Gasteiger partial charge >= 0.3 is 0 Å². The van der Waals surface area contributed by atoms with Gasteiger partial charge in [-0.15, -0.1) is 0 Å². The number of fused-ring (bicyclic) bond motifs is 2. The number of ether oxygens (including phenoxy) is 3. The molecule has 4 rings (SSSR count). The average molecular weight is 308 g/mol. The summed E-state index contributed by atoms with van der Waals surface area (Å²) in [5.74, 6) is 2.04. The number of Topliss-reactive ketones (excluding diaryl/α,β-unsaturated/α-hetero) is 1. The van der Waals surface area contributed by atoms with E-state index in [0.29, 0.717) is 22.6 Å². The molecule has 0 saturated carbocycles. The van der Waals surface area contributed by atoms with Gasteiger partial charge in [-0.25, -0.2) is 0 Å². The van der Waals surface area contributed by atoms with E-state index in [2.05, 4.69) is 6.07 Å². The lowest BCUT2D eigenvalue weighted by Gasteiger charge is -2.20. The van der Waals surface area contributed by atoms with Gasteiger partial charge in [-0.1, -0.05) is 12.1 Å². The minimum Gasteiger partial charge on any atom is -0.493 e. The molecule has 116 valence electrons. The number of hydrogen-bond acceptors (Lipinski definition) is 4. The first-order valence-corrected chi connectivity index (χ1v) is 7.57. The number of para-hydroxylation sites is 1. The van der Waals surface area contributed by atoms with E-state index in [-0.39, 0.29) is 12.4 Å². The Labute approximate surface area is 134 Å². The third-order valence-corrected chi connectivity index (χ3v) is 4.16. The summed E-state index contributed by atoms with van der Waals surface area (Å²) in [6.45, 7) is 0.977. The van der Waals surface area contributed by atoms with Crippen LogP contribution in [0.4, 0.5) is 0 Å². The maximum atomic E-state index is 12.7. The van der Waals surface area contributed by atoms with Crippen molar-refractivity contribution < 1.29 is 19.0 Å². The molecule has 23 heavy (non-hydrogen) atoms. The zero-order valence-electron chi connectivity index (χ0n) is 12.8. The molecule has 2 aromatic rings. The molecule has 0 amide bonds. The lowest BCUT2D eigenvalue weighted by atomic mass is 9.97. The van der Waals surface area contributed by atoms with Crippen molar-refractivity contribution in [1.82, 2.24) is 0 Å². The van der Waals surface area contributed by atoms with Crippen LogP contribution in [-0.2, 0) is 6.42 Å². The molecule has 0 N–H and O–H groups in total. The number of carbonyl (C=O) groups is 1. The normalized spacial score (nSPS) is 17.3. The molecule has 2 aromatic carbocycles. The molecule has 0 atom stereocenters. The molecule has 0 aromatic heterocycles. The Morgan fingerprint density at radius 3 is 2.96 bits per heavy atom. The van der Waals surface area contributed by atoms with Gasteiger partial charge < -0.3 is 14.2 Å². The second kappa shape index (κ2) is 5.47. The SMILES string of the molecule is COc1cccc2c1OC/C(=C\c1ccc3c(c1)CCO3)C2=O. The van der Waals surface area contributed by atoms with Crippen LogP contribution in [0.2, 0.25) is 0 Å². The molecule has 0 bridgehead atoms. The third kappa shape index (κ3) is 2.36. The van der Waals surface area contributed by atoms with E-state index in [1.807, 2.05) is 18.2 Å². The smallest absolute Gasteiger partial charge is 0.196 e. The van der Waals surface area contributed by atoms with Gasteiger partial charge in [-0.05, 0) is 41.5 Å². The van der Waals surface area contributed by atoms with E-state index in [0.717, 1.165) is 24.3 Å². The molecule has 4 nitrogen and oxygen atoms in total. The lowest BCUT2D eigenvalue weighted by Crippen LogP contribution is -2.19. The number of hydrogen-bond donors (Lipinski definition) is 0. The predicted molar refractivity (Wildman–Crippen MR) is 86.4 cm³/mol. The van der Waals surface area contributed by atoms with Gasteiger partial charge in [0.1, 0.15) is 12.4 Å². The van der Waals surface area contributed by atoms with Crippen LogP contribution < -0.4 is 14.2 Å². The Kier molecular flexibility index (Phi) is 3.30. The summed E-state index contributed by atoms with van der Waals surface area (Å²) in [6.07, 6.45) is 2.81. The van der Waals surface area contributed by atoms with E-state index >= 15 is 0 Å². The summed E-state index contributed by atoms with van der Waals surface area (Å²) in [5.41, 5.74) is 3.37. The molecule has 0 saturated heterocycles. The summed E-state index contributed by atoms with van der Waals surface area (Å²) in [4.78, 5) is 12.7. The zero-order chi connectivity index (χ0) is 15.8. The first-order chi connectivity index (χ1) is 11.3. The average Bonchev–Trinajstić information content (AvgIpc) is 3.04. The van der Waals surface area contributed by atoms with Crippen LogP contribution in [0.15, 0.2) is 42.0 Å². The van der Waals surface area contributed by atoms with E-state index in [9.17, 15) is 4.79 Å². The van der Waals surface area contributed by atoms with Crippen molar-refractivity contribution in [3.8, 4) is 17.2 Å². The van der Waals surface area contributed by atoms with Gasteiger partial charge in [0, 0.05) is 12.0 Å². The van der Waals surface area contributed by atoms with Gasteiger partial charge in [-0.3, -0.25) is 4.79 Å². The molecule has 2 heterocycles. The van der Waals surface area contributed by atoms with Crippen molar-refractivity contribution in [3.63, 3.8) is 0 Å². The summed E-state index contributed by atoms with van der Waals surface area (Å²) in [5, 5.41) is 0. The second-order valence-electron chi connectivity index (χ2n) is 5.59. The number of rotatable bonds is 2. The van der Waals surface area contributed by atoms with E-state index in [1.54, 1.807) is 25.3 Å². The van der Waals surface area contributed by atoms with E-state index in [4.69, 9.17) is 14.2 Å². The molecule has 2 aliphatic heterocycles. The zero-order valence-corrected chi connectivity index (χ0v) is 12.8. The summed E-state index contributed by atoms with van der Waals surface area (Å²) >= 11 is 0. The van der Waals surface area contributed by atoms with Crippen molar-refractivity contribution >= 4 is 11.9 Å². The van der Waals surface area contributed by atoms with Crippen molar-refractivity contribution in [2.24, 2.45) is 0 Å². The second-order valence-corrected chi connectivity index (χ2v) is 5.59. The van der Waals surface area contributed by atoms with Gasteiger partial charge in [0.15, 0.2) is 17.3 Å². The largest absolute Gasteiger partial charge is 0.493 e. The van der Waals surface area contributed by atoms with Crippen molar-refractivity contribution in [2.45, 2.75) is 6.42 Å². The van der Waals surface area contributed by atoms with Crippen molar-refractivity contribution in [1.29, 1.82) is 0 Å². The lowest BCUT2D eigenvalue weighted by molar-refractivity contribution is 0.0999. The number of ketones is 1. The highest BCUT2D eigenvalue weighted by Crippen LogP contribution is 2.36. The van der Waals surface area contributed by atoms with Crippen LogP contribution in [0.3, 0.4) is 0 Å². The standard InChI is InChI=1S/C19H16O4/c1-21-17-4-2-3-15-18(20)14(11-23-19(15)17)10-12-5-6-16-13(9-12)7-8-22-16/h2-6,9-10H,7-8,11H2,1H3/b14-10+. The summed E-state index contributed by atoms with van der Waals surface area (Å²) < 4.78 is 16.5. The summed E-state index contributed by atoms with van der Waals surface area (Å²) in [6, 6.07) is 11.4. The maximum Gasteiger partial charge on any atom is 0.196 e. The molecule has 2 aliphatic rings. The monoisotopic (exact) mass is 308 g/mol. The van der Waals surface area contributed by atoms with Crippen LogP contribution in [0.1, 0.15) is 21.5 Å². The van der Waals surface area contributed by atoms with Crippen molar-refractivity contribution in [2.75, 3.05) is 20.3 Å². The highest BCUT2D eigenvalue weighted by atomic mass is 16.5. The molecule has 0 aliphatic carbocycles. The van der Waals surface area contributed by atoms with Gasteiger partial charge in [-0.2, -0.15) is 0 Å². The van der Waals surface area contributed by atoms with Crippen LogP contribution in [-0.4, -0.2) is 26.1 Å². The van der Waals surface area contributed by atoms with Gasteiger partial charge in [0.05, 0.1) is 19.3 Å². The molecular formula is C19H16O4. The molecule has 0 radical (unpaired) electrons. The van der Waals surface area contributed by atoms with Crippen molar-refractivity contribution in [3.05, 3.63) is 58.7 Å². The fraction of sp³-hybridized carbons (Fsp3) is 0.211. The highest BCUT2D eigenvalue weighted by molar-refractivity contribution is 6.14. The number of benzene rings is 2. The van der Waals surface area contributed by atoms with Crippen LogP contribution in [0.5, 0.6) is 17.2 Å². The molecule has 0 spiro atoms. The Morgan fingerprint density at radius 2 is 2.09 bits per heavy atom. The molecule has 0 fully saturated rings. The topological polar surface area (TPSA) is 44.8 Å². The van der Waals surface area contributed by atoms with Crippen LogP contribution in [0, 0.1) is 0 Å². The molecule has 4 heteroatoms. The third-order valence-electron chi connectivity index (χ3n) is 4.16. The Bertz CT molecular complexity index is 820. The Hall–Kier alpha value is -2.75. The van der Waals surface area contributed by atoms with Gasteiger partial charge in [0.25, 0.3) is 0 Å². The Balaban J connectivity index is 1.69. The first-order valence-electron chi connectivity index (χ1n) is 7.57. The predicted octanol–water partition coefficient (Wildman–Crippen LogP) is 3.29. The first kappa shape index (κ1) is 13.9. The molecule has 0 unspecified atom stereocenters. The fourth-order valence-electron chi connectivity index (χ4n) is 3.00. The highest BCUT2D eigenvalue weighted by Gasteiger charge is 2.26. The van der Waals surface area contributed by atoms with E-state index < -0.39 is 0 Å². The number of methoxy groups -OCH3 is 1. The fourth-order valence-corrected chi connectivity index (χ4v) is 3.00. The van der Waals surface area contributed by atoms with Gasteiger partial charge in [0.2, 0.25) is 0 Å². The van der Waals surface area contributed by atoms with E-state index in [1.165, 1.54) is 5.56 Å². The molecular weight excluding hydrogens is 292 g/mol. The van der Waals surface area contributed by atoms with Crippen LogP contribution >= 0.6 is 0 Å².